The number of ether oxygens (including phenoxy) is 1. The Hall–Kier alpha value is -4.94. The van der Waals surface area contributed by atoms with E-state index in [1.54, 1.807) is 32.2 Å². The number of carbonyl (C=O) groups excluding carboxylic acids is 1. The molecule has 0 saturated heterocycles. The predicted octanol–water partition coefficient (Wildman–Crippen LogP) is 5.81. The number of carbonyl (C=O) groups is 1. The molecule has 1 amide bonds. The van der Waals surface area contributed by atoms with E-state index in [1.165, 1.54) is 30.1 Å². The zero-order valence-electron chi connectivity index (χ0n) is 20.8. The third-order valence-electron chi connectivity index (χ3n) is 5.83. The fourth-order valence-corrected chi connectivity index (χ4v) is 4.04. The number of benzene rings is 2. The Morgan fingerprint density at radius 1 is 1.08 bits per heavy atom. The van der Waals surface area contributed by atoms with Crippen LogP contribution in [0, 0.1) is 19.7 Å². The number of fused-ring (bicyclic) bond motifs is 1. The lowest BCUT2D eigenvalue weighted by molar-refractivity contribution is -0.137. The van der Waals surface area contributed by atoms with E-state index in [0.717, 1.165) is 24.2 Å². The van der Waals surface area contributed by atoms with Gasteiger partial charge in [0.05, 0.1) is 17.6 Å². The lowest BCUT2D eigenvalue weighted by Crippen LogP contribution is -2.21. The summed E-state index contributed by atoms with van der Waals surface area (Å²) in [7, 11) is 1.35. The number of rotatable bonds is 6. The van der Waals surface area contributed by atoms with E-state index in [9.17, 15) is 18.0 Å². The van der Waals surface area contributed by atoms with Crippen LogP contribution < -0.4 is 15.4 Å². The number of amides is 1. The molecule has 0 spiro atoms. The van der Waals surface area contributed by atoms with E-state index < -0.39 is 23.5 Å². The van der Waals surface area contributed by atoms with E-state index in [4.69, 9.17) is 4.74 Å². The standard InChI is InChI=1S/C26H21F4N7O2/c1-13-6-18-19(35-13)4-5-20(22(18)27)39-25-21(24(38)31-3)23(32-11-33-25)36-16-7-15(26(28,29)30)8-17(9-16)37-10-14(2)34-12-37/h4-12,35H,1-3H3,(H,31,38)(H,32,33,36). The van der Waals surface area contributed by atoms with Gasteiger partial charge in [-0.05, 0) is 50.2 Å². The molecule has 0 unspecified atom stereocenters. The second kappa shape index (κ2) is 9.74. The number of hydrogen-bond donors (Lipinski definition) is 3. The fourth-order valence-electron chi connectivity index (χ4n) is 4.04. The zero-order chi connectivity index (χ0) is 27.9. The summed E-state index contributed by atoms with van der Waals surface area (Å²) >= 11 is 0. The van der Waals surface area contributed by atoms with Crippen molar-refractivity contribution >= 4 is 28.3 Å². The third kappa shape index (κ3) is 5.10. The van der Waals surface area contributed by atoms with Gasteiger partial charge in [-0.15, -0.1) is 0 Å². The molecule has 3 N–H and O–H groups in total. The van der Waals surface area contributed by atoms with Gasteiger partial charge in [-0.3, -0.25) is 4.79 Å². The van der Waals surface area contributed by atoms with Crippen LogP contribution in [0.4, 0.5) is 29.1 Å². The molecule has 200 valence electrons. The number of H-pyrrole nitrogens is 1. The van der Waals surface area contributed by atoms with Crippen molar-refractivity contribution in [2.24, 2.45) is 0 Å². The van der Waals surface area contributed by atoms with Crippen LogP contribution in [0.15, 0.2) is 55.2 Å². The number of nitrogens with zero attached hydrogens (tertiary/aromatic N) is 4. The van der Waals surface area contributed by atoms with Gasteiger partial charge in [-0.25, -0.2) is 19.3 Å². The van der Waals surface area contributed by atoms with Crippen molar-refractivity contribution in [2.75, 3.05) is 12.4 Å². The smallest absolute Gasteiger partial charge is 0.416 e. The average Bonchev–Trinajstić information content (AvgIpc) is 3.50. The molecule has 0 saturated carbocycles. The first kappa shape index (κ1) is 25.7. The number of aromatic amines is 1. The molecular weight excluding hydrogens is 518 g/mol. The van der Waals surface area contributed by atoms with E-state index >= 15 is 4.39 Å². The molecule has 3 aromatic heterocycles. The Kier molecular flexibility index (Phi) is 6.42. The molecule has 39 heavy (non-hydrogen) atoms. The molecule has 0 atom stereocenters. The highest BCUT2D eigenvalue weighted by Gasteiger charge is 2.32. The number of anilines is 2. The quantitative estimate of drug-likeness (QED) is 0.235. The second-order valence-electron chi connectivity index (χ2n) is 8.69. The number of halogens is 4. The lowest BCUT2D eigenvalue weighted by atomic mass is 10.1. The van der Waals surface area contributed by atoms with Crippen molar-refractivity contribution in [3.63, 3.8) is 0 Å². The first-order chi connectivity index (χ1) is 18.5. The van der Waals surface area contributed by atoms with Crippen LogP contribution in [0.2, 0.25) is 0 Å². The fraction of sp³-hybridized carbons (Fsp3) is 0.154. The van der Waals surface area contributed by atoms with E-state index in [-0.39, 0.29) is 39.8 Å². The minimum absolute atomic E-state index is 0.0172. The number of aromatic nitrogens is 5. The molecule has 0 radical (unpaired) electrons. The largest absolute Gasteiger partial charge is 0.435 e. The van der Waals surface area contributed by atoms with Crippen molar-refractivity contribution < 1.29 is 27.1 Å². The highest BCUT2D eigenvalue weighted by Crippen LogP contribution is 2.36. The Balaban J connectivity index is 1.58. The summed E-state index contributed by atoms with van der Waals surface area (Å²) in [5, 5.41) is 5.48. The van der Waals surface area contributed by atoms with Gasteiger partial charge in [0, 0.05) is 41.2 Å². The predicted molar refractivity (Wildman–Crippen MR) is 135 cm³/mol. The summed E-state index contributed by atoms with van der Waals surface area (Å²) in [6, 6.07) is 7.89. The first-order valence-electron chi connectivity index (χ1n) is 11.6. The van der Waals surface area contributed by atoms with Gasteiger partial charge < -0.3 is 24.9 Å². The van der Waals surface area contributed by atoms with Gasteiger partial charge in [0.2, 0.25) is 5.88 Å². The maximum atomic E-state index is 15.2. The van der Waals surface area contributed by atoms with Crippen LogP contribution in [-0.4, -0.2) is 37.5 Å². The van der Waals surface area contributed by atoms with Gasteiger partial charge >= 0.3 is 6.18 Å². The molecule has 0 bridgehead atoms. The summed E-state index contributed by atoms with van der Waals surface area (Å²) in [5.41, 5.74) is 0.907. The molecule has 2 aromatic carbocycles. The molecular formula is C26H21F4N7O2. The van der Waals surface area contributed by atoms with Crippen LogP contribution in [0.1, 0.15) is 27.3 Å². The zero-order valence-corrected chi connectivity index (χ0v) is 20.8. The Morgan fingerprint density at radius 3 is 2.56 bits per heavy atom. The van der Waals surface area contributed by atoms with Crippen molar-refractivity contribution in [1.82, 2.24) is 29.8 Å². The Bertz CT molecular complexity index is 1710. The number of imidazole rings is 1. The Morgan fingerprint density at radius 2 is 1.87 bits per heavy atom. The maximum absolute atomic E-state index is 15.2. The highest BCUT2D eigenvalue weighted by molar-refractivity contribution is 6.01. The second-order valence-corrected chi connectivity index (χ2v) is 8.69. The molecule has 3 heterocycles. The van der Waals surface area contributed by atoms with Crippen molar-refractivity contribution in [1.29, 1.82) is 0 Å². The molecule has 0 aliphatic rings. The van der Waals surface area contributed by atoms with Crippen LogP contribution in [0.3, 0.4) is 0 Å². The van der Waals surface area contributed by atoms with Crippen LogP contribution in [0.5, 0.6) is 11.6 Å². The number of alkyl halides is 3. The molecule has 0 aliphatic heterocycles. The summed E-state index contributed by atoms with van der Waals surface area (Å²) in [6.45, 7) is 3.48. The third-order valence-corrected chi connectivity index (χ3v) is 5.83. The molecule has 5 aromatic rings. The van der Waals surface area contributed by atoms with E-state index in [2.05, 4.69) is 30.6 Å². The monoisotopic (exact) mass is 539 g/mol. The van der Waals surface area contributed by atoms with Crippen molar-refractivity contribution in [3.05, 3.63) is 83.6 Å². The maximum Gasteiger partial charge on any atom is 0.416 e. The van der Waals surface area contributed by atoms with Crippen molar-refractivity contribution in [2.45, 2.75) is 20.0 Å². The van der Waals surface area contributed by atoms with Gasteiger partial charge in [-0.1, -0.05) is 0 Å². The summed E-state index contributed by atoms with van der Waals surface area (Å²) < 4.78 is 63.5. The van der Waals surface area contributed by atoms with Gasteiger partial charge in [0.15, 0.2) is 17.4 Å². The SMILES string of the molecule is CNC(=O)c1c(Nc2cc(-n3cnc(C)c3)cc(C(F)(F)F)c2)ncnc1Oc1ccc2[nH]c(C)cc2c1F. The molecule has 0 fully saturated rings. The summed E-state index contributed by atoms with van der Waals surface area (Å²) in [5.74, 6) is -2.02. The van der Waals surface area contributed by atoms with Crippen LogP contribution in [-0.2, 0) is 6.18 Å². The van der Waals surface area contributed by atoms with E-state index in [0.29, 0.717) is 11.2 Å². The number of aryl methyl sites for hydroxylation is 2. The summed E-state index contributed by atoms with van der Waals surface area (Å²) in [6.07, 6.45) is -0.644. The minimum Gasteiger partial charge on any atom is -0.435 e. The van der Waals surface area contributed by atoms with Gasteiger partial charge in [0.1, 0.15) is 11.9 Å². The van der Waals surface area contributed by atoms with Crippen LogP contribution >= 0.6 is 0 Å². The molecule has 5 rings (SSSR count). The lowest BCUT2D eigenvalue weighted by Gasteiger charge is -2.16. The number of hydrogen-bond acceptors (Lipinski definition) is 6. The van der Waals surface area contributed by atoms with Gasteiger partial charge in [-0.2, -0.15) is 13.2 Å². The topological polar surface area (TPSA) is 110 Å². The van der Waals surface area contributed by atoms with Gasteiger partial charge in [0.25, 0.3) is 5.91 Å². The highest BCUT2D eigenvalue weighted by atomic mass is 19.4. The molecule has 0 aliphatic carbocycles. The Labute approximate surface area is 218 Å². The minimum atomic E-state index is -4.65. The summed E-state index contributed by atoms with van der Waals surface area (Å²) in [4.78, 5) is 28.0. The first-order valence-corrected chi connectivity index (χ1v) is 11.6. The molecule has 13 heteroatoms. The average molecular weight is 539 g/mol. The van der Waals surface area contributed by atoms with Crippen LogP contribution in [0.25, 0.3) is 16.6 Å². The normalized spacial score (nSPS) is 11.6. The molecule has 9 nitrogen and oxygen atoms in total. The van der Waals surface area contributed by atoms with E-state index in [1.807, 2.05) is 0 Å². The number of nitrogens with one attached hydrogen (secondary N) is 3. The van der Waals surface area contributed by atoms with Crippen molar-refractivity contribution in [3.8, 4) is 17.3 Å².